The molecule has 1 N–H and O–H groups in total. The summed E-state index contributed by atoms with van der Waals surface area (Å²) in [6.07, 6.45) is 0. The highest BCUT2D eigenvalue weighted by molar-refractivity contribution is 6.30. The molecule has 17 heavy (non-hydrogen) atoms. The van der Waals surface area contributed by atoms with E-state index in [1.54, 1.807) is 12.1 Å². The third kappa shape index (κ3) is 2.32. The Labute approximate surface area is 106 Å². The van der Waals surface area contributed by atoms with Crippen molar-refractivity contribution in [1.82, 2.24) is 10.2 Å². The molecule has 92 valence electrons. The van der Waals surface area contributed by atoms with Gasteiger partial charge in [0, 0.05) is 30.2 Å². The van der Waals surface area contributed by atoms with Crippen LogP contribution in [0.4, 0.5) is 4.39 Å². The van der Waals surface area contributed by atoms with Crippen LogP contribution in [0.2, 0.25) is 5.02 Å². The predicted octanol–water partition coefficient (Wildman–Crippen LogP) is 2.13. The molecule has 2 heterocycles. The van der Waals surface area contributed by atoms with Crippen LogP contribution in [0.25, 0.3) is 0 Å². The van der Waals surface area contributed by atoms with Gasteiger partial charge in [-0.25, -0.2) is 4.39 Å². The maximum absolute atomic E-state index is 13.7. The third-order valence-corrected chi connectivity index (χ3v) is 4.11. The molecule has 0 radical (unpaired) electrons. The van der Waals surface area contributed by atoms with Crippen LogP contribution in [0.15, 0.2) is 18.2 Å². The van der Waals surface area contributed by atoms with E-state index >= 15 is 0 Å². The number of hydrogen-bond acceptors (Lipinski definition) is 2. The molecule has 4 heteroatoms. The lowest BCUT2D eigenvalue weighted by Crippen LogP contribution is -2.25. The zero-order valence-electron chi connectivity index (χ0n) is 9.63. The molecule has 2 aliphatic heterocycles. The average molecular weight is 255 g/mol. The summed E-state index contributed by atoms with van der Waals surface area (Å²) in [6, 6.07) is 4.96. The first-order valence-electron chi connectivity index (χ1n) is 6.09. The van der Waals surface area contributed by atoms with Crippen molar-refractivity contribution in [2.45, 2.75) is 6.54 Å². The second-order valence-corrected chi connectivity index (χ2v) is 5.54. The van der Waals surface area contributed by atoms with Gasteiger partial charge in [0.1, 0.15) is 5.82 Å². The number of fused-ring (bicyclic) bond motifs is 1. The lowest BCUT2D eigenvalue weighted by molar-refractivity contribution is 0.301. The molecule has 0 unspecified atom stereocenters. The first-order valence-corrected chi connectivity index (χ1v) is 6.47. The largest absolute Gasteiger partial charge is 0.316 e. The van der Waals surface area contributed by atoms with Gasteiger partial charge in [-0.2, -0.15) is 0 Å². The van der Waals surface area contributed by atoms with E-state index in [-0.39, 0.29) is 5.82 Å². The van der Waals surface area contributed by atoms with Gasteiger partial charge in [-0.3, -0.25) is 4.90 Å². The summed E-state index contributed by atoms with van der Waals surface area (Å²) >= 11 is 5.75. The van der Waals surface area contributed by atoms with Crippen molar-refractivity contribution < 1.29 is 4.39 Å². The van der Waals surface area contributed by atoms with Crippen molar-refractivity contribution >= 4 is 11.6 Å². The molecule has 1 aromatic rings. The Bertz CT molecular complexity index is 412. The standard InChI is InChI=1S/C13H16ClFN2/c14-12-2-1-9(13(15)3-12)6-17-7-10-4-16-5-11(10)8-17/h1-3,10-11,16H,4-8H2/t10-,11+. The van der Waals surface area contributed by atoms with Gasteiger partial charge in [0.25, 0.3) is 0 Å². The van der Waals surface area contributed by atoms with Crippen LogP contribution < -0.4 is 5.32 Å². The van der Waals surface area contributed by atoms with Crippen molar-refractivity contribution in [2.75, 3.05) is 26.2 Å². The molecule has 2 fully saturated rings. The zero-order chi connectivity index (χ0) is 11.8. The summed E-state index contributed by atoms with van der Waals surface area (Å²) in [6.45, 7) is 5.10. The van der Waals surface area contributed by atoms with Crippen molar-refractivity contribution in [2.24, 2.45) is 11.8 Å². The molecule has 0 bridgehead atoms. The summed E-state index contributed by atoms with van der Waals surface area (Å²) < 4.78 is 13.7. The Morgan fingerprint density at radius 3 is 2.65 bits per heavy atom. The SMILES string of the molecule is Fc1cc(Cl)ccc1CN1C[C@H]2CNC[C@H]2C1. The van der Waals surface area contributed by atoms with Gasteiger partial charge in [-0.05, 0) is 37.1 Å². The number of benzene rings is 1. The van der Waals surface area contributed by atoms with E-state index in [2.05, 4.69) is 10.2 Å². The highest BCUT2D eigenvalue weighted by atomic mass is 35.5. The Hall–Kier alpha value is -0.640. The normalized spacial score (nSPS) is 28.6. The molecule has 0 amide bonds. The van der Waals surface area contributed by atoms with E-state index in [0.717, 1.165) is 43.6 Å². The molecule has 0 spiro atoms. The van der Waals surface area contributed by atoms with Gasteiger partial charge in [-0.15, -0.1) is 0 Å². The maximum Gasteiger partial charge on any atom is 0.129 e. The fourth-order valence-electron chi connectivity index (χ4n) is 2.97. The smallest absolute Gasteiger partial charge is 0.129 e. The van der Waals surface area contributed by atoms with Crippen LogP contribution in [0.5, 0.6) is 0 Å². The van der Waals surface area contributed by atoms with Crippen LogP contribution in [-0.4, -0.2) is 31.1 Å². The van der Waals surface area contributed by atoms with Crippen molar-refractivity contribution in [3.8, 4) is 0 Å². The Kier molecular flexibility index (Phi) is 3.07. The quantitative estimate of drug-likeness (QED) is 0.870. The minimum absolute atomic E-state index is 0.187. The first kappa shape index (κ1) is 11.5. The van der Waals surface area contributed by atoms with Crippen LogP contribution in [0.3, 0.4) is 0 Å². The van der Waals surface area contributed by atoms with Crippen molar-refractivity contribution in [1.29, 1.82) is 0 Å². The molecule has 2 aliphatic rings. The predicted molar refractivity (Wildman–Crippen MR) is 66.5 cm³/mol. The molecule has 0 aliphatic carbocycles. The zero-order valence-corrected chi connectivity index (χ0v) is 10.4. The maximum atomic E-state index is 13.7. The Balaban J connectivity index is 1.67. The van der Waals surface area contributed by atoms with Gasteiger partial charge in [0.2, 0.25) is 0 Å². The van der Waals surface area contributed by atoms with Crippen LogP contribution in [-0.2, 0) is 6.54 Å². The summed E-state index contributed by atoms with van der Waals surface area (Å²) in [5.74, 6) is 1.32. The van der Waals surface area contributed by atoms with Crippen LogP contribution >= 0.6 is 11.6 Å². The second-order valence-electron chi connectivity index (χ2n) is 5.11. The number of nitrogens with zero attached hydrogens (tertiary/aromatic N) is 1. The molecule has 3 rings (SSSR count). The third-order valence-electron chi connectivity index (χ3n) is 3.87. The van der Waals surface area contributed by atoms with E-state index in [9.17, 15) is 4.39 Å². The number of rotatable bonds is 2. The molecule has 2 atom stereocenters. The van der Waals surface area contributed by atoms with E-state index in [1.807, 2.05) is 0 Å². The fourth-order valence-corrected chi connectivity index (χ4v) is 3.13. The average Bonchev–Trinajstić information content (AvgIpc) is 2.82. The number of hydrogen-bond donors (Lipinski definition) is 1. The molecular weight excluding hydrogens is 239 g/mol. The molecule has 2 saturated heterocycles. The molecule has 2 nitrogen and oxygen atoms in total. The summed E-state index contributed by atoms with van der Waals surface area (Å²) in [7, 11) is 0. The number of halogens is 2. The first-order chi connectivity index (χ1) is 8.22. The number of nitrogens with one attached hydrogen (secondary N) is 1. The summed E-state index contributed by atoms with van der Waals surface area (Å²) in [4.78, 5) is 2.35. The summed E-state index contributed by atoms with van der Waals surface area (Å²) in [5, 5.41) is 3.88. The Morgan fingerprint density at radius 1 is 1.29 bits per heavy atom. The Morgan fingerprint density at radius 2 is 2.00 bits per heavy atom. The second kappa shape index (κ2) is 4.56. The van der Waals surface area contributed by atoms with E-state index in [0.29, 0.717) is 11.6 Å². The molecule has 0 saturated carbocycles. The highest BCUT2D eigenvalue weighted by Gasteiger charge is 2.35. The lowest BCUT2D eigenvalue weighted by atomic mass is 10.0. The van der Waals surface area contributed by atoms with E-state index in [1.165, 1.54) is 6.07 Å². The van der Waals surface area contributed by atoms with Gasteiger partial charge in [-0.1, -0.05) is 17.7 Å². The summed E-state index contributed by atoms with van der Waals surface area (Å²) in [5.41, 5.74) is 0.752. The van der Waals surface area contributed by atoms with Gasteiger partial charge in [0.05, 0.1) is 0 Å². The molecule has 0 aromatic heterocycles. The molecular formula is C13H16ClFN2. The van der Waals surface area contributed by atoms with Crippen LogP contribution in [0, 0.1) is 17.7 Å². The topological polar surface area (TPSA) is 15.3 Å². The van der Waals surface area contributed by atoms with Crippen molar-refractivity contribution in [3.63, 3.8) is 0 Å². The van der Waals surface area contributed by atoms with Crippen LogP contribution in [0.1, 0.15) is 5.56 Å². The van der Waals surface area contributed by atoms with Gasteiger partial charge < -0.3 is 5.32 Å². The van der Waals surface area contributed by atoms with E-state index in [4.69, 9.17) is 11.6 Å². The van der Waals surface area contributed by atoms with Gasteiger partial charge in [0.15, 0.2) is 0 Å². The number of likely N-dealkylation sites (tertiary alicyclic amines) is 1. The minimum Gasteiger partial charge on any atom is -0.316 e. The highest BCUT2D eigenvalue weighted by Crippen LogP contribution is 2.28. The fraction of sp³-hybridized carbons (Fsp3) is 0.538. The minimum atomic E-state index is -0.187. The van der Waals surface area contributed by atoms with E-state index < -0.39 is 0 Å². The molecule has 1 aromatic carbocycles. The lowest BCUT2D eigenvalue weighted by Gasteiger charge is -2.17. The van der Waals surface area contributed by atoms with Crippen molar-refractivity contribution in [3.05, 3.63) is 34.6 Å². The van der Waals surface area contributed by atoms with Gasteiger partial charge >= 0.3 is 0 Å². The monoisotopic (exact) mass is 254 g/mol.